The number of amides is 1. The first-order valence-electron chi connectivity index (χ1n) is 5.27. The first-order valence-corrected chi connectivity index (χ1v) is 5.27. The van der Waals surface area contributed by atoms with Crippen molar-refractivity contribution in [2.45, 2.75) is 0 Å². The van der Waals surface area contributed by atoms with Gasteiger partial charge >= 0.3 is 0 Å². The van der Waals surface area contributed by atoms with Gasteiger partial charge in [-0.1, -0.05) is 12.1 Å². The highest BCUT2D eigenvalue weighted by atomic mass is 19.1. The summed E-state index contributed by atoms with van der Waals surface area (Å²) in [6, 6.07) is 13.9. The van der Waals surface area contributed by atoms with Crippen molar-refractivity contribution in [2.24, 2.45) is 0 Å². The zero-order valence-corrected chi connectivity index (χ0v) is 9.35. The van der Waals surface area contributed by atoms with Gasteiger partial charge in [-0.2, -0.15) is 5.26 Å². The second-order valence-corrected chi connectivity index (χ2v) is 3.62. The molecule has 0 bridgehead atoms. The van der Waals surface area contributed by atoms with E-state index in [1.54, 1.807) is 24.3 Å². The molecule has 0 atom stereocenters. The van der Waals surface area contributed by atoms with Gasteiger partial charge in [0.25, 0.3) is 5.91 Å². The molecule has 0 aliphatic rings. The fourth-order valence-electron chi connectivity index (χ4n) is 1.49. The predicted molar refractivity (Wildman–Crippen MR) is 65.5 cm³/mol. The van der Waals surface area contributed by atoms with Crippen molar-refractivity contribution in [3.63, 3.8) is 0 Å². The van der Waals surface area contributed by atoms with Gasteiger partial charge in [0, 0.05) is 5.56 Å². The summed E-state index contributed by atoms with van der Waals surface area (Å²) in [6.07, 6.45) is 0. The number of hydrogen-bond acceptors (Lipinski definition) is 2. The van der Waals surface area contributed by atoms with Gasteiger partial charge in [-0.05, 0) is 36.4 Å². The number of hydrogen-bond donors (Lipinski definition) is 1. The van der Waals surface area contributed by atoms with Crippen LogP contribution in [0.3, 0.4) is 0 Å². The summed E-state index contributed by atoms with van der Waals surface area (Å²) in [5.41, 5.74) is 1.16. The van der Waals surface area contributed by atoms with E-state index in [0.717, 1.165) is 0 Å². The second kappa shape index (κ2) is 5.11. The minimum absolute atomic E-state index is 0.337. The third-order valence-electron chi connectivity index (χ3n) is 2.40. The van der Waals surface area contributed by atoms with Crippen LogP contribution in [-0.2, 0) is 0 Å². The number of nitriles is 1. The summed E-state index contributed by atoms with van der Waals surface area (Å²) in [4.78, 5) is 11.9. The molecule has 0 aromatic heterocycles. The Morgan fingerprint density at radius 3 is 2.44 bits per heavy atom. The maximum Gasteiger partial charge on any atom is 0.255 e. The lowest BCUT2D eigenvalue weighted by Gasteiger charge is -2.06. The molecule has 4 heteroatoms. The number of carbonyl (C=O) groups excluding carboxylic acids is 1. The number of para-hydroxylation sites is 1. The Morgan fingerprint density at radius 1 is 1.11 bits per heavy atom. The fourth-order valence-corrected chi connectivity index (χ4v) is 1.49. The third-order valence-corrected chi connectivity index (χ3v) is 2.40. The number of halogens is 1. The Morgan fingerprint density at radius 2 is 1.78 bits per heavy atom. The Balaban J connectivity index is 2.22. The van der Waals surface area contributed by atoms with E-state index >= 15 is 0 Å². The van der Waals surface area contributed by atoms with Crippen LogP contribution >= 0.6 is 0 Å². The number of nitrogens with zero attached hydrogens (tertiary/aromatic N) is 1. The predicted octanol–water partition coefficient (Wildman–Crippen LogP) is 2.95. The molecular weight excluding hydrogens is 231 g/mol. The van der Waals surface area contributed by atoms with Crippen LogP contribution in [-0.4, -0.2) is 5.91 Å². The molecule has 1 N–H and O–H groups in total. The lowest BCUT2D eigenvalue weighted by Crippen LogP contribution is -2.12. The quantitative estimate of drug-likeness (QED) is 0.877. The monoisotopic (exact) mass is 240 g/mol. The van der Waals surface area contributed by atoms with E-state index in [-0.39, 0.29) is 5.91 Å². The van der Waals surface area contributed by atoms with Crippen molar-refractivity contribution in [2.75, 3.05) is 5.32 Å². The highest BCUT2D eigenvalue weighted by Gasteiger charge is 2.08. The zero-order chi connectivity index (χ0) is 13.0. The minimum Gasteiger partial charge on any atom is -0.321 e. The number of carbonyl (C=O) groups is 1. The van der Waals surface area contributed by atoms with Crippen LogP contribution in [0.5, 0.6) is 0 Å². The molecule has 1 amide bonds. The Hall–Kier alpha value is -2.67. The van der Waals surface area contributed by atoms with Gasteiger partial charge in [0.15, 0.2) is 0 Å². The van der Waals surface area contributed by atoms with E-state index in [9.17, 15) is 9.18 Å². The first kappa shape index (κ1) is 11.8. The molecule has 2 rings (SSSR count). The average Bonchev–Trinajstić information content (AvgIpc) is 2.40. The highest BCUT2D eigenvalue weighted by Crippen LogP contribution is 2.15. The van der Waals surface area contributed by atoms with E-state index in [1.807, 2.05) is 6.07 Å². The summed E-state index contributed by atoms with van der Waals surface area (Å²) in [6.45, 7) is 0. The van der Waals surface area contributed by atoms with Crippen LogP contribution in [0, 0.1) is 17.1 Å². The molecule has 0 aliphatic carbocycles. The Bertz CT molecular complexity index is 614. The van der Waals surface area contributed by atoms with E-state index in [1.165, 1.54) is 24.3 Å². The molecule has 2 aromatic carbocycles. The minimum atomic E-state index is -0.399. The molecule has 0 unspecified atom stereocenters. The number of anilines is 1. The summed E-state index contributed by atoms with van der Waals surface area (Å²) in [5, 5.41) is 11.5. The lowest BCUT2D eigenvalue weighted by molar-refractivity contribution is 0.102. The molecule has 0 saturated heterocycles. The van der Waals surface area contributed by atoms with Crippen molar-refractivity contribution in [3.05, 3.63) is 65.5 Å². The zero-order valence-electron chi connectivity index (χ0n) is 9.35. The largest absolute Gasteiger partial charge is 0.321 e. The molecule has 0 saturated carbocycles. The van der Waals surface area contributed by atoms with E-state index < -0.39 is 5.82 Å². The summed E-state index contributed by atoms with van der Waals surface area (Å²) in [5.74, 6) is -0.776. The number of nitrogens with one attached hydrogen (secondary N) is 1. The molecular formula is C14H9FN2O. The number of rotatable bonds is 2. The fraction of sp³-hybridized carbons (Fsp3) is 0. The first-order chi connectivity index (χ1) is 8.70. The van der Waals surface area contributed by atoms with Gasteiger partial charge in [0.05, 0.1) is 11.3 Å². The van der Waals surface area contributed by atoms with Crippen molar-refractivity contribution in [3.8, 4) is 6.07 Å². The third kappa shape index (κ3) is 2.53. The molecule has 2 aromatic rings. The van der Waals surface area contributed by atoms with Crippen LogP contribution < -0.4 is 5.32 Å². The summed E-state index contributed by atoms with van der Waals surface area (Å²) >= 11 is 0. The molecule has 0 spiro atoms. The molecule has 18 heavy (non-hydrogen) atoms. The number of benzene rings is 2. The Kier molecular flexibility index (Phi) is 3.35. The molecule has 3 nitrogen and oxygen atoms in total. The van der Waals surface area contributed by atoms with Crippen molar-refractivity contribution in [1.82, 2.24) is 0 Å². The average molecular weight is 240 g/mol. The normalized spacial score (nSPS) is 9.56. The Labute approximate surface area is 103 Å². The van der Waals surface area contributed by atoms with Gasteiger partial charge in [0.2, 0.25) is 0 Å². The lowest BCUT2D eigenvalue weighted by atomic mass is 10.1. The van der Waals surface area contributed by atoms with Gasteiger partial charge in [-0.15, -0.1) is 0 Å². The summed E-state index contributed by atoms with van der Waals surface area (Å²) < 4.78 is 12.7. The van der Waals surface area contributed by atoms with Crippen LogP contribution in [0.2, 0.25) is 0 Å². The topological polar surface area (TPSA) is 52.9 Å². The van der Waals surface area contributed by atoms with E-state index in [2.05, 4.69) is 5.32 Å². The molecule has 88 valence electrons. The van der Waals surface area contributed by atoms with Crippen LogP contribution in [0.1, 0.15) is 15.9 Å². The van der Waals surface area contributed by atoms with E-state index in [0.29, 0.717) is 16.8 Å². The maximum absolute atomic E-state index is 12.7. The smallest absolute Gasteiger partial charge is 0.255 e. The maximum atomic E-state index is 12.7. The van der Waals surface area contributed by atoms with Gasteiger partial charge in [-0.25, -0.2) is 4.39 Å². The summed E-state index contributed by atoms with van der Waals surface area (Å²) in [7, 11) is 0. The van der Waals surface area contributed by atoms with Gasteiger partial charge < -0.3 is 5.32 Å². The van der Waals surface area contributed by atoms with Crippen LogP contribution in [0.25, 0.3) is 0 Å². The standard InChI is InChI=1S/C14H9FN2O/c15-12-7-5-10(6-8-12)14(18)17-13-4-2-1-3-11(13)9-16/h1-8H,(H,17,18). The van der Waals surface area contributed by atoms with Gasteiger partial charge in [0.1, 0.15) is 11.9 Å². The molecule has 0 heterocycles. The van der Waals surface area contributed by atoms with Crippen molar-refractivity contribution < 1.29 is 9.18 Å². The second-order valence-electron chi connectivity index (χ2n) is 3.62. The molecule has 0 aliphatic heterocycles. The van der Waals surface area contributed by atoms with Gasteiger partial charge in [-0.3, -0.25) is 4.79 Å². The van der Waals surface area contributed by atoms with E-state index in [4.69, 9.17) is 5.26 Å². The SMILES string of the molecule is N#Cc1ccccc1NC(=O)c1ccc(F)cc1. The van der Waals surface area contributed by atoms with Crippen LogP contribution in [0.15, 0.2) is 48.5 Å². The van der Waals surface area contributed by atoms with Crippen LogP contribution in [0.4, 0.5) is 10.1 Å². The molecule has 0 fully saturated rings. The molecule has 0 radical (unpaired) electrons. The van der Waals surface area contributed by atoms with Crippen molar-refractivity contribution >= 4 is 11.6 Å². The highest BCUT2D eigenvalue weighted by molar-refractivity contribution is 6.04. The van der Waals surface area contributed by atoms with Crippen molar-refractivity contribution in [1.29, 1.82) is 5.26 Å².